The number of piperidine rings is 1. The van der Waals surface area contributed by atoms with Crippen molar-refractivity contribution in [3.05, 3.63) is 0 Å². The number of carboxylic acid groups (broad SMARTS) is 1. The van der Waals surface area contributed by atoms with Crippen LogP contribution in [0.15, 0.2) is 0 Å². The minimum Gasteiger partial charge on any atom is -0.481 e. The van der Waals surface area contributed by atoms with Crippen LogP contribution in [0.3, 0.4) is 0 Å². The highest BCUT2D eigenvalue weighted by Crippen LogP contribution is 2.17. The lowest BCUT2D eigenvalue weighted by atomic mass is 9.97. The van der Waals surface area contributed by atoms with Gasteiger partial charge in [0.15, 0.2) is 0 Å². The molecule has 0 saturated carbocycles. The summed E-state index contributed by atoms with van der Waals surface area (Å²) in [6, 6.07) is 0. The van der Waals surface area contributed by atoms with E-state index in [-0.39, 0.29) is 11.8 Å². The van der Waals surface area contributed by atoms with Crippen molar-refractivity contribution in [2.24, 2.45) is 5.92 Å². The molecule has 0 aromatic carbocycles. The van der Waals surface area contributed by atoms with Crippen LogP contribution in [-0.4, -0.2) is 85.5 Å². The molecule has 0 aromatic rings. The van der Waals surface area contributed by atoms with Crippen LogP contribution in [0.2, 0.25) is 0 Å². The van der Waals surface area contributed by atoms with Crippen molar-refractivity contribution >= 4 is 11.9 Å². The second kappa shape index (κ2) is 8.21. The smallest absolute Gasteiger partial charge is 0.306 e. The van der Waals surface area contributed by atoms with Crippen LogP contribution in [0.1, 0.15) is 19.3 Å². The fourth-order valence-corrected chi connectivity index (χ4v) is 2.44. The summed E-state index contributed by atoms with van der Waals surface area (Å²) in [6.07, 6.45) is 2.19. The van der Waals surface area contributed by atoms with Gasteiger partial charge in [0.1, 0.15) is 0 Å². The van der Waals surface area contributed by atoms with E-state index in [4.69, 9.17) is 5.11 Å². The van der Waals surface area contributed by atoms with Crippen molar-refractivity contribution in [1.82, 2.24) is 14.7 Å². The third-order valence-electron chi connectivity index (χ3n) is 3.75. The summed E-state index contributed by atoms with van der Waals surface area (Å²) in [7, 11) is 6.03. The monoisotopic (exact) mass is 285 g/mol. The molecule has 20 heavy (non-hydrogen) atoms. The van der Waals surface area contributed by atoms with E-state index in [1.165, 1.54) is 0 Å². The van der Waals surface area contributed by atoms with E-state index >= 15 is 0 Å². The molecule has 1 saturated heterocycles. The molecule has 0 unspecified atom stereocenters. The highest BCUT2D eigenvalue weighted by atomic mass is 16.4. The zero-order valence-electron chi connectivity index (χ0n) is 12.8. The van der Waals surface area contributed by atoms with E-state index in [0.717, 1.165) is 19.5 Å². The molecule has 1 fully saturated rings. The van der Waals surface area contributed by atoms with Gasteiger partial charge in [-0.15, -0.1) is 0 Å². The Morgan fingerprint density at radius 3 is 2.25 bits per heavy atom. The van der Waals surface area contributed by atoms with Gasteiger partial charge in [0.2, 0.25) is 5.91 Å². The Hall–Kier alpha value is -1.14. The van der Waals surface area contributed by atoms with Gasteiger partial charge in [0, 0.05) is 13.1 Å². The largest absolute Gasteiger partial charge is 0.481 e. The highest BCUT2D eigenvalue weighted by Gasteiger charge is 2.27. The van der Waals surface area contributed by atoms with Crippen molar-refractivity contribution in [3.63, 3.8) is 0 Å². The quantitative estimate of drug-likeness (QED) is 0.723. The Morgan fingerprint density at radius 1 is 1.15 bits per heavy atom. The predicted octanol–water partition coefficient (Wildman–Crippen LogP) is 0.193. The molecular weight excluding hydrogens is 258 g/mol. The van der Waals surface area contributed by atoms with Crippen LogP contribution < -0.4 is 0 Å². The number of carboxylic acids is 1. The summed E-state index contributed by atoms with van der Waals surface area (Å²) in [5.41, 5.74) is 0. The average molecular weight is 285 g/mol. The third-order valence-corrected chi connectivity index (χ3v) is 3.75. The van der Waals surface area contributed by atoms with Crippen LogP contribution in [0.5, 0.6) is 0 Å². The molecular formula is C14H27N3O3. The van der Waals surface area contributed by atoms with Crippen LogP contribution in [0.4, 0.5) is 0 Å². The molecule has 0 aromatic heterocycles. The van der Waals surface area contributed by atoms with Gasteiger partial charge in [0.05, 0.1) is 12.5 Å². The molecule has 0 spiro atoms. The second-order valence-corrected chi connectivity index (χ2v) is 5.89. The number of hydrogen-bond donors (Lipinski definition) is 1. The second-order valence-electron chi connectivity index (χ2n) is 5.89. The molecule has 0 radical (unpaired) electrons. The van der Waals surface area contributed by atoms with Crippen molar-refractivity contribution in [3.8, 4) is 0 Å². The maximum absolute atomic E-state index is 12.1. The number of hydrogen-bond acceptors (Lipinski definition) is 4. The first kappa shape index (κ1) is 16.9. The molecule has 0 atom stereocenters. The fraction of sp³-hybridized carbons (Fsp3) is 0.857. The van der Waals surface area contributed by atoms with E-state index in [9.17, 15) is 9.59 Å². The van der Waals surface area contributed by atoms with Gasteiger partial charge < -0.3 is 14.9 Å². The summed E-state index contributed by atoms with van der Waals surface area (Å²) >= 11 is 0. The van der Waals surface area contributed by atoms with Gasteiger partial charge in [-0.25, -0.2) is 0 Å². The number of likely N-dealkylation sites (N-methyl/N-ethyl adjacent to an activating group) is 1. The molecule has 1 N–H and O–H groups in total. The molecule has 1 rings (SSSR count). The van der Waals surface area contributed by atoms with Crippen molar-refractivity contribution in [1.29, 1.82) is 0 Å². The molecule has 1 aliphatic rings. The average Bonchev–Trinajstić information content (AvgIpc) is 2.38. The third kappa shape index (κ3) is 5.88. The van der Waals surface area contributed by atoms with Gasteiger partial charge >= 0.3 is 5.97 Å². The van der Waals surface area contributed by atoms with Crippen LogP contribution in [0, 0.1) is 5.92 Å². The summed E-state index contributed by atoms with van der Waals surface area (Å²) < 4.78 is 0. The topological polar surface area (TPSA) is 64.1 Å². The maximum Gasteiger partial charge on any atom is 0.306 e. The molecule has 1 aliphatic heterocycles. The van der Waals surface area contributed by atoms with Crippen LogP contribution in [-0.2, 0) is 9.59 Å². The zero-order valence-corrected chi connectivity index (χ0v) is 12.8. The van der Waals surface area contributed by atoms with E-state index in [1.54, 1.807) is 4.90 Å². The molecule has 0 aliphatic carbocycles. The SMILES string of the molecule is CN(C)CCCN(C)CC(=O)N1CCC(C(=O)O)CC1. The number of aliphatic carboxylic acids is 1. The van der Waals surface area contributed by atoms with Crippen molar-refractivity contribution in [2.45, 2.75) is 19.3 Å². The predicted molar refractivity (Wildman–Crippen MR) is 77.6 cm³/mol. The van der Waals surface area contributed by atoms with Crippen LogP contribution >= 0.6 is 0 Å². The van der Waals surface area contributed by atoms with Crippen molar-refractivity contribution in [2.75, 3.05) is 53.9 Å². The first-order valence-corrected chi connectivity index (χ1v) is 7.24. The normalized spacial score (nSPS) is 16.9. The van der Waals surface area contributed by atoms with Crippen LogP contribution in [0.25, 0.3) is 0 Å². The Morgan fingerprint density at radius 2 is 1.75 bits per heavy atom. The molecule has 0 bridgehead atoms. The molecule has 1 amide bonds. The standard InChI is InChI=1S/C14H27N3O3/c1-15(2)7-4-8-16(3)11-13(18)17-9-5-12(6-10-17)14(19)20/h12H,4-11H2,1-3H3,(H,19,20). The lowest BCUT2D eigenvalue weighted by Crippen LogP contribution is -2.44. The Labute approximate surface area is 121 Å². The lowest BCUT2D eigenvalue weighted by Gasteiger charge is -2.31. The Kier molecular flexibility index (Phi) is 6.95. The van der Waals surface area contributed by atoms with E-state index in [0.29, 0.717) is 32.5 Å². The van der Waals surface area contributed by atoms with Gasteiger partial charge in [-0.2, -0.15) is 0 Å². The Balaban J connectivity index is 2.24. The van der Waals surface area contributed by atoms with Gasteiger partial charge in [-0.3, -0.25) is 14.5 Å². The van der Waals surface area contributed by atoms with E-state index in [2.05, 4.69) is 4.90 Å². The number of carbonyl (C=O) groups excluding carboxylic acids is 1. The zero-order chi connectivity index (χ0) is 15.1. The summed E-state index contributed by atoms with van der Waals surface area (Å²) in [6.45, 7) is 3.48. The van der Waals surface area contributed by atoms with Gasteiger partial charge in [-0.1, -0.05) is 0 Å². The summed E-state index contributed by atoms with van der Waals surface area (Å²) in [4.78, 5) is 28.9. The number of rotatable bonds is 7. The number of likely N-dealkylation sites (tertiary alicyclic amines) is 1. The first-order chi connectivity index (χ1) is 9.40. The number of nitrogens with zero attached hydrogens (tertiary/aromatic N) is 3. The fourth-order valence-electron chi connectivity index (χ4n) is 2.44. The molecule has 6 nitrogen and oxygen atoms in total. The van der Waals surface area contributed by atoms with Crippen molar-refractivity contribution < 1.29 is 14.7 Å². The minimum absolute atomic E-state index is 0.112. The number of amides is 1. The summed E-state index contributed by atoms with van der Waals surface area (Å²) in [5, 5.41) is 8.93. The Bertz CT molecular complexity index is 326. The minimum atomic E-state index is -0.738. The lowest BCUT2D eigenvalue weighted by molar-refractivity contribution is -0.145. The maximum atomic E-state index is 12.1. The summed E-state index contributed by atoms with van der Waals surface area (Å²) in [5.74, 6) is -0.907. The van der Waals surface area contributed by atoms with Gasteiger partial charge in [-0.05, 0) is 53.5 Å². The van der Waals surface area contributed by atoms with E-state index in [1.807, 2.05) is 26.0 Å². The highest BCUT2D eigenvalue weighted by molar-refractivity contribution is 5.78. The number of carbonyl (C=O) groups is 2. The first-order valence-electron chi connectivity index (χ1n) is 7.24. The molecule has 1 heterocycles. The van der Waals surface area contributed by atoms with E-state index < -0.39 is 5.97 Å². The molecule has 6 heteroatoms. The van der Waals surface area contributed by atoms with Gasteiger partial charge in [0.25, 0.3) is 0 Å². The molecule has 116 valence electrons.